The van der Waals surface area contributed by atoms with Gasteiger partial charge in [-0.2, -0.15) is 0 Å². The van der Waals surface area contributed by atoms with Gasteiger partial charge in [-0.3, -0.25) is 4.79 Å². The Hall–Kier alpha value is -1.04. The molecule has 1 saturated heterocycles. The second kappa shape index (κ2) is 10.0. The topological polar surface area (TPSA) is 60.8 Å². The summed E-state index contributed by atoms with van der Waals surface area (Å²) in [7, 11) is 0. The van der Waals surface area contributed by atoms with Crippen LogP contribution < -0.4 is 0 Å². The predicted octanol–water partition coefficient (Wildman–Crippen LogP) is 8.22. The SMILES string of the molecule is CC12CCCN(Sc3ccc(CC(=O)O)cc3)C(C)(C)C1CCC1(C)C2CCC2C3CCCC3(CO)CC[C@]21C. The van der Waals surface area contributed by atoms with E-state index in [1.165, 1.54) is 75.5 Å². The fourth-order valence-electron chi connectivity index (χ4n) is 12.1. The third-order valence-corrected chi connectivity index (χ3v) is 15.5. The van der Waals surface area contributed by atoms with Gasteiger partial charge in [0.25, 0.3) is 0 Å². The molecule has 4 aliphatic carbocycles. The van der Waals surface area contributed by atoms with Crippen LogP contribution in [0.2, 0.25) is 0 Å². The predicted molar refractivity (Wildman–Crippen MR) is 163 cm³/mol. The van der Waals surface area contributed by atoms with Crippen molar-refractivity contribution < 1.29 is 15.0 Å². The van der Waals surface area contributed by atoms with E-state index in [9.17, 15) is 9.90 Å². The molecule has 0 bridgehead atoms. The number of nitrogens with zero attached hydrogens (tertiary/aromatic N) is 1. The van der Waals surface area contributed by atoms with Gasteiger partial charge in [-0.05, 0) is 153 Å². The minimum Gasteiger partial charge on any atom is -0.481 e. The van der Waals surface area contributed by atoms with E-state index in [0.29, 0.717) is 28.8 Å². The molecule has 5 heteroatoms. The van der Waals surface area contributed by atoms with Crippen LogP contribution in [0.4, 0.5) is 0 Å². The number of rotatable bonds is 5. The van der Waals surface area contributed by atoms with Crippen molar-refractivity contribution in [3.63, 3.8) is 0 Å². The molecule has 2 N–H and O–H groups in total. The molecule has 6 rings (SSSR count). The Labute approximate surface area is 247 Å². The van der Waals surface area contributed by atoms with Crippen molar-refractivity contribution in [3.05, 3.63) is 29.8 Å². The molecule has 40 heavy (non-hydrogen) atoms. The number of carbonyl (C=O) groups is 1. The van der Waals surface area contributed by atoms with Gasteiger partial charge in [-0.25, -0.2) is 4.31 Å². The number of carboxylic acid groups (broad SMARTS) is 1. The van der Waals surface area contributed by atoms with Crippen molar-refractivity contribution in [2.45, 2.75) is 122 Å². The van der Waals surface area contributed by atoms with Crippen LogP contribution in [0.1, 0.15) is 111 Å². The summed E-state index contributed by atoms with van der Waals surface area (Å²) in [4.78, 5) is 12.3. The van der Waals surface area contributed by atoms with Gasteiger partial charge < -0.3 is 10.2 Å². The third-order valence-electron chi connectivity index (χ3n) is 14.2. The Kier molecular flexibility index (Phi) is 7.27. The minimum absolute atomic E-state index is 0.0821. The zero-order chi connectivity index (χ0) is 28.6. The highest BCUT2D eigenvalue weighted by atomic mass is 32.2. The number of aliphatic hydroxyl groups is 1. The van der Waals surface area contributed by atoms with Crippen LogP contribution in [-0.2, 0) is 11.2 Å². The second-order valence-corrected chi connectivity index (χ2v) is 16.9. The molecule has 1 aromatic carbocycles. The highest BCUT2D eigenvalue weighted by Gasteiger charge is 2.69. The maximum Gasteiger partial charge on any atom is 0.307 e. The molecule has 5 fully saturated rings. The van der Waals surface area contributed by atoms with Crippen molar-refractivity contribution in [2.24, 2.45) is 45.3 Å². The molecule has 5 aliphatic rings. The average molecular weight is 568 g/mol. The molecule has 4 saturated carbocycles. The molecule has 0 amide bonds. The summed E-state index contributed by atoms with van der Waals surface area (Å²) >= 11 is 1.89. The van der Waals surface area contributed by atoms with Crippen molar-refractivity contribution >= 4 is 17.9 Å². The molecular weight excluding hydrogens is 514 g/mol. The molecule has 7 unspecified atom stereocenters. The van der Waals surface area contributed by atoms with Crippen LogP contribution in [0.3, 0.4) is 0 Å². The first-order valence-electron chi connectivity index (χ1n) is 16.3. The van der Waals surface area contributed by atoms with Crippen LogP contribution in [-0.4, -0.2) is 39.2 Å². The van der Waals surface area contributed by atoms with Crippen molar-refractivity contribution in [3.8, 4) is 0 Å². The first-order chi connectivity index (χ1) is 18.9. The lowest BCUT2D eigenvalue weighted by Gasteiger charge is -2.71. The molecular formula is C35H53NO3S. The van der Waals surface area contributed by atoms with Crippen LogP contribution >= 0.6 is 11.9 Å². The first-order valence-corrected chi connectivity index (χ1v) is 17.0. The Morgan fingerprint density at radius 3 is 2.30 bits per heavy atom. The molecule has 222 valence electrons. The molecule has 0 spiro atoms. The molecule has 1 heterocycles. The number of aliphatic carboxylic acids is 1. The molecule has 1 aromatic rings. The highest BCUT2D eigenvalue weighted by molar-refractivity contribution is 7.97. The van der Waals surface area contributed by atoms with Crippen LogP contribution in [0.15, 0.2) is 29.2 Å². The monoisotopic (exact) mass is 567 g/mol. The first kappa shape index (κ1) is 29.1. The zero-order valence-corrected chi connectivity index (χ0v) is 26.5. The van der Waals surface area contributed by atoms with Gasteiger partial charge in [0.15, 0.2) is 0 Å². The average Bonchev–Trinajstić information content (AvgIpc) is 3.30. The second-order valence-electron chi connectivity index (χ2n) is 15.9. The number of carboxylic acids is 1. The number of aliphatic hydroxyl groups excluding tert-OH is 1. The Balaban J connectivity index is 1.26. The Morgan fingerprint density at radius 2 is 1.60 bits per heavy atom. The van der Waals surface area contributed by atoms with Gasteiger partial charge in [0.2, 0.25) is 0 Å². The number of benzene rings is 1. The highest BCUT2D eigenvalue weighted by Crippen LogP contribution is 2.76. The lowest BCUT2D eigenvalue weighted by molar-refractivity contribution is -0.225. The van der Waals surface area contributed by atoms with Gasteiger partial charge >= 0.3 is 5.97 Å². The standard InChI is InChI=1S/C35H53NO3S/c1-31(2)28-15-18-34(5)29(14-13-26-27-8-6-17-35(27,23-37)20-19-33(26,34)4)32(28,3)16-7-21-36(31)40-25-11-9-24(10-12-25)22-30(38)39/h9-12,26-29,37H,6-8,13-23H2,1-5H3,(H,38,39)/t26?,27?,28?,29?,32?,33-,34?,35?/m1/s1. The number of hydrogen-bond acceptors (Lipinski definition) is 4. The summed E-state index contributed by atoms with van der Waals surface area (Å²) in [6.07, 6.45) is 14.5. The number of hydrogen-bond donors (Lipinski definition) is 2. The summed E-state index contributed by atoms with van der Waals surface area (Å²) in [6, 6.07) is 8.19. The maximum atomic E-state index is 11.1. The molecule has 8 atom stereocenters. The minimum atomic E-state index is -0.773. The van der Waals surface area contributed by atoms with Gasteiger partial charge in [0, 0.05) is 23.6 Å². The van der Waals surface area contributed by atoms with E-state index in [1.807, 2.05) is 24.1 Å². The summed E-state index contributed by atoms with van der Waals surface area (Å²) in [5.41, 5.74) is 2.28. The van der Waals surface area contributed by atoms with Crippen molar-refractivity contribution in [2.75, 3.05) is 13.2 Å². The summed E-state index contributed by atoms with van der Waals surface area (Å²) in [6.45, 7) is 14.6. The van der Waals surface area contributed by atoms with Crippen molar-refractivity contribution in [1.29, 1.82) is 0 Å². The number of fused-ring (bicyclic) bond motifs is 7. The fourth-order valence-corrected chi connectivity index (χ4v) is 13.1. The summed E-state index contributed by atoms with van der Waals surface area (Å²) in [5.74, 6) is 2.17. The largest absolute Gasteiger partial charge is 0.481 e. The van der Waals surface area contributed by atoms with E-state index in [-0.39, 0.29) is 17.4 Å². The van der Waals surface area contributed by atoms with Gasteiger partial charge in [0.05, 0.1) is 6.42 Å². The van der Waals surface area contributed by atoms with E-state index in [1.54, 1.807) is 0 Å². The van der Waals surface area contributed by atoms with Gasteiger partial charge in [0.1, 0.15) is 0 Å². The lowest BCUT2D eigenvalue weighted by atomic mass is 9.34. The fraction of sp³-hybridized carbons (Fsp3) is 0.800. The maximum absolute atomic E-state index is 11.1. The lowest BCUT2D eigenvalue weighted by Crippen LogP contribution is -2.65. The van der Waals surface area contributed by atoms with E-state index in [0.717, 1.165) is 29.9 Å². The Morgan fingerprint density at radius 1 is 0.850 bits per heavy atom. The van der Waals surface area contributed by atoms with Gasteiger partial charge in [-0.1, -0.05) is 39.3 Å². The van der Waals surface area contributed by atoms with E-state index < -0.39 is 5.97 Å². The molecule has 4 nitrogen and oxygen atoms in total. The zero-order valence-electron chi connectivity index (χ0n) is 25.7. The smallest absolute Gasteiger partial charge is 0.307 e. The normalized spacial score (nSPS) is 44.5. The summed E-state index contributed by atoms with van der Waals surface area (Å²) in [5, 5.41) is 19.7. The van der Waals surface area contributed by atoms with Crippen LogP contribution in [0.25, 0.3) is 0 Å². The van der Waals surface area contributed by atoms with E-state index in [2.05, 4.69) is 51.1 Å². The van der Waals surface area contributed by atoms with Crippen LogP contribution in [0.5, 0.6) is 0 Å². The summed E-state index contributed by atoms with van der Waals surface area (Å²) < 4.78 is 2.68. The van der Waals surface area contributed by atoms with Crippen LogP contribution in [0, 0.1) is 45.3 Å². The Bertz CT molecular complexity index is 1120. The van der Waals surface area contributed by atoms with E-state index >= 15 is 0 Å². The third kappa shape index (κ3) is 4.18. The molecule has 0 aromatic heterocycles. The molecule has 0 radical (unpaired) electrons. The van der Waals surface area contributed by atoms with Crippen molar-refractivity contribution in [1.82, 2.24) is 4.31 Å². The molecule has 1 aliphatic heterocycles. The van der Waals surface area contributed by atoms with Gasteiger partial charge in [-0.15, -0.1) is 0 Å². The van der Waals surface area contributed by atoms with E-state index in [4.69, 9.17) is 5.11 Å². The quantitative estimate of drug-likeness (QED) is 0.351.